The van der Waals surface area contributed by atoms with E-state index in [0.29, 0.717) is 22.3 Å². The fourth-order valence-electron chi connectivity index (χ4n) is 2.07. The minimum Gasteiger partial charge on any atom is -0.478 e. The minimum absolute atomic E-state index is 0.0511. The molecule has 0 aliphatic heterocycles. The van der Waals surface area contributed by atoms with E-state index < -0.39 is 5.97 Å². The molecule has 0 unspecified atom stereocenters. The van der Waals surface area contributed by atoms with Crippen molar-refractivity contribution in [3.05, 3.63) is 71.0 Å². The van der Waals surface area contributed by atoms with Crippen LogP contribution in [0.5, 0.6) is 11.5 Å². The van der Waals surface area contributed by atoms with Gasteiger partial charge in [-0.3, -0.25) is 0 Å². The Morgan fingerprint density at radius 2 is 1.75 bits per heavy atom. The van der Waals surface area contributed by atoms with Crippen LogP contribution in [0.3, 0.4) is 0 Å². The van der Waals surface area contributed by atoms with Crippen LogP contribution in [0.1, 0.15) is 15.9 Å². The lowest BCUT2D eigenvalue weighted by molar-refractivity contribution is 0.0696. The van der Waals surface area contributed by atoms with E-state index in [2.05, 4.69) is 9.97 Å². The molecule has 0 amide bonds. The first-order valence-electron chi connectivity index (χ1n) is 7.13. The molecule has 24 heavy (non-hydrogen) atoms. The van der Waals surface area contributed by atoms with Crippen LogP contribution in [0.25, 0.3) is 11.4 Å². The Labute approximate surface area is 143 Å². The number of hydrogen-bond donors (Lipinski definition) is 1. The number of halogens is 1. The van der Waals surface area contributed by atoms with Gasteiger partial charge in [-0.1, -0.05) is 17.7 Å². The predicted octanol–water partition coefficient (Wildman–Crippen LogP) is 4.60. The van der Waals surface area contributed by atoms with Gasteiger partial charge in [-0.15, -0.1) is 0 Å². The molecule has 0 atom stereocenters. The molecule has 0 bridgehead atoms. The van der Waals surface area contributed by atoms with Crippen LogP contribution in [0.2, 0.25) is 5.02 Å². The van der Waals surface area contributed by atoms with E-state index in [4.69, 9.17) is 21.4 Å². The van der Waals surface area contributed by atoms with Gasteiger partial charge < -0.3 is 9.84 Å². The fourth-order valence-corrected chi connectivity index (χ4v) is 2.23. The van der Waals surface area contributed by atoms with Crippen molar-refractivity contribution in [2.75, 3.05) is 0 Å². The summed E-state index contributed by atoms with van der Waals surface area (Å²) in [6, 6.07) is 12.7. The molecule has 0 saturated carbocycles. The standard InChI is InChI=1S/C18H13ClN2O3/c1-11-2-5-14(19)8-16(11)24-15-6-3-12(4-7-15)17-20-9-13(10-21-17)18(22)23/h2-10H,1H3,(H,22,23). The lowest BCUT2D eigenvalue weighted by Gasteiger charge is -2.09. The first-order valence-corrected chi connectivity index (χ1v) is 7.50. The highest BCUT2D eigenvalue weighted by Crippen LogP contribution is 2.29. The van der Waals surface area contributed by atoms with Crippen LogP contribution in [-0.2, 0) is 0 Å². The molecule has 0 spiro atoms. The third kappa shape index (κ3) is 3.52. The lowest BCUT2D eigenvalue weighted by Crippen LogP contribution is -1.99. The van der Waals surface area contributed by atoms with Crippen molar-refractivity contribution in [3.8, 4) is 22.9 Å². The summed E-state index contributed by atoms with van der Waals surface area (Å²) in [6.07, 6.45) is 2.56. The minimum atomic E-state index is -1.05. The summed E-state index contributed by atoms with van der Waals surface area (Å²) >= 11 is 5.98. The Hall–Kier alpha value is -2.92. The third-order valence-electron chi connectivity index (χ3n) is 3.39. The van der Waals surface area contributed by atoms with E-state index in [1.54, 1.807) is 18.2 Å². The number of aromatic nitrogens is 2. The molecule has 5 nitrogen and oxygen atoms in total. The number of nitrogens with zero attached hydrogens (tertiary/aromatic N) is 2. The molecule has 120 valence electrons. The zero-order valence-corrected chi connectivity index (χ0v) is 13.5. The summed E-state index contributed by atoms with van der Waals surface area (Å²) in [6.45, 7) is 1.94. The second-order valence-electron chi connectivity index (χ2n) is 5.14. The first-order chi connectivity index (χ1) is 11.5. The Kier molecular flexibility index (Phi) is 4.44. The molecular weight excluding hydrogens is 328 g/mol. The highest BCUT2D eigenvalue weighted by Gasteiger charge is 2.07. The van der Waals surface area contributed by atoms with Gasteiger partial charge in [0.2, 0.25) is 0 Å². The van der Waals surface area contributed by atoms with Crippen molar-refractivity contribution in [1.82, 2.24) is 9.97 Å². The highest BCUT2D eigenvalue weighted by molar-refractivity contribution is 6.30. The molecule has 1 aromatic heterocycles. The van der Waals surface area contributed by atoms with E-state index in [1.807, 2.05) is 31.2 Å². The maximum absolute atomic E-state index is 10.8. The maximum Gasteiger partial charge on any atom is 0.338 e. The van der Waals surface area contributed by atoms with Crippen molar-refractivity contribution in [3.63, 3.8) is 0 Å². The summed E-state index contributed by atoms with van der Waals surface area (Å²) in [5, 5.41) is 9.47. The summed E-state index contributed by atoms with van der Waals surface area (Å²) in [5.41, 5.74) is 1.80. The number of rotatable bonds is 4. The van der Waals surface area contributed by atoms with Gasteiger partial charge in [-0.25, -0.2) is 14.8 Å². The predicted molar refractivity (Wildman–Crippen MR) is 90.7 cm³/mol. The normalized spacial score (nSPS) is 10.4. The number of ether oxygens (including phenoxy) is 1. The molecule has 1 heterocycles. The number of aromatic carboxylic acids is 1. The van der Waals surface area contributed by atoms with Gasteiger partial charge in [0.15, 0.2) is 5.82 Å². The second-order valence-corrected chi connectivity index (χ2v) is 5.57. The van der Waals surface area contributed by atoms with Crippen molar-refractivity contribution >= 4 is 17.6 Å². The van der Waals surface area contributed by atoms with Gasteiger partial charge in [-0.05, 0) is 48.9 Å². The number of carboxylic acid groups (broad SMARTS) is 1. The van der Waals surface area contributed by atoms with Gasteiger partial charge in [-0.2, -0.15) is 0 Å². The monoisotopic (exact) mass is 340 g/mol. The van der Waals surface area contributed by atoms with E-state index in [1.165, 1.54) is 12.4 Å². The summed E-state index contributed by atoms with van der Waals surface area (Å²) < 4.78 is 5.83. The molecule has 3 aromatic rings. The topological polar surface area (TPSA) is 72.3 Å². The Morgan fingerprint density at radius 1 is 1.08 bits per heavy atom. The highest BCUT2D eigenvalue weighted by atomic mass is 35.5. The van der Waals surface area contributed by atoms with Gasteiger partial charge >= 0.3 is 5.97 Å². The van der Waals surface area contributed by atoms with Gasteiger partial charge in [0, 0.05) is 23.0 Å². The average molecular weight is 341 g/mol. The van der Waals surface area contributed by atoms with Gasteiger partial charge in [0.1, 0.15) is 11.5 Å². The van der Waals surface area contributed by atoms with Crippen LogP contribution in [-0.4, -0.2) is 21.0 Å². The number of carbonyl (C=O) groups is 1. The fraction of sp³-hybridized carbons (Fsp3) is 0.0556. The summed E-state index contributed by atoms with van der Waals surface area (Å²) in [7, 11) is 0. The Bertz CT molecular complexity index is 878. The molecular formula is C18H13ClN2O3. The molecule has 0 aliphatic carbocycles. The number of carboxylic acids is 1. The van der Waals surface area contributed by atoms with Gasteiger partial charge in [0.25, 0.3) is 0 Å². The van der Waals surface area contributed by atoms with Crippen molar-refractivity contribution < 1.29 is 14.6 Å². The Balaban J connectivity index is 1.80. The maximum atomic E-state index is 10.8. The van der Waals surface area contributed by atoms with Crippen LogP contribution < -0.4 is 4.74 Å². The first kappa shape index (κ1) is 16.0. The quantitative estimate of drug-likeness (QED) is 0.751. The molecule has 0 radical (unpaired) electrons. The zero-order valence-electron chi connectivity index (χ0n) is 12.7. The van der Waals surface area contributed by atoms with E-state index in [9.17, 15) is 4.79 Å². The lowest BCUT2D eigenvalue weighted by atomic mass is 10.2. The van der Waals surface area contributed by atoms with Crippen LogP contribution in [0.4, 0.5) is 0 Å². The molecule has 0 aliphatic rings. The van der Waals surface area contributed by atoms with Crippen molar-refractivity contribution in [2.24, 2.45) is 0 Å². The van der Waals surface area contributed by atoms with E-state index in [0.717, 1.165) is 11.1 Å². The van der Waals surface area contributed by atoms with Crippen molar-refractivity contribution in [1.29, 1.82) is 0 Å². The van der Waals surface area contributed by atoms with Crippen LogP contribution in [0.15, 0.2) is 54.9 Å². The number of aryl methyl sites for hydroxylation is 1. The third-order valence-corrected chi connectivity index (χ3v) is 3.62. The molecule has 3 rings (SSSR count). The SMILES string of the molecule is Cc1ccc(Cl)cc1Oc1ccc(-c2ncc(C(=O)O)cn2)cc1. The molecule has 0 fully saturated rings. The second kappa shape index (κ2) is 6.68. The van der Waals surface area contributed by atoms with Crippen molar-refractivity contribution in [2.45, 2.75) is 6.92 Å². The zero-order chi connectivity index (χ0) is 17.1. The van der Waals surface area contributed by atoms with E-state index in [-0.39, 0.29) is 5.56 Å². The van der Waals surface area contributed by atoms with E-state index >= 15 is 0 Å². The smallest absolute Gasteiger partial charge is 0.338 e. The van der Waals surface area contributed by atoms with Crippen LogP contribution in [0, 0.1) is 6.92 Å². The molecule has 0 saturated heterocycles. The van der Waals surface area contributed by atoms with Gasteiger partial charge in [0.05, 0.1) is 5.56 Å². The molecule has 2 aromatic carbocycles. The average Bonchev–Trinajstić information content (AvgIpc) is 2.59. The largest absolute Gasteiger partial charge is 0.478 e. The molecule has 6 heteroatoms. The summed E-state index contributed by atoms with van der Waals surface area (Å²) in [5.74, 6) is 0.747. The number of benzene rings is 2. The molecule has 1 N–H and O–H groups in total. The Morgan fingerprint density at radius 3 is 2.38 bits per heavy atom. The van der Waals surface area contributed by atoms with Crippen LogP contribution >= 0.6 is 11.6 Å². The number of hydrogen-bond acceptors (Lipinski definition) is 4. The summed E-state index contributed by atoms with van der Waals surface area (Å²) in [4.78, 5) is 18.9.